The van der Waals surface area contributed by atoms with Crippen LogP contribution in [-0.4, -0.2) is 17.4 Å². The van der Waals surface area contributed by atoms with Crippen LogP contribution in [0, 0.1) is 17.0 Å². The van der Waals surface area contributed by atoms with Crippen molar-refractivity contribution >= 4 is 11.6 Å². The molecule has 0 unspecified atom stereocenters. The monoisotopic (exact) mass is 253 g/mol. The number of hydrogen-bond donors (Lipinski definition) is 2. The van der Waals surface area contributed by atoms with Crippen LogP contribution in [0.15, 0.2) is 18.2 Å². The first-order valence-electron chi connectivity index (χ1n) is 5.42. The van der Waals surface area contributed by atoms with Gasteiger partial charge in [-0.25, -0.2) is 5.84 Å². The zero-order valence-corrected chi connectivity index (χ0v) is 10.0. The second-order valence-corrected chi connectivity index (χ2v) is 3.73. The van der Waals surface area contributed by atoms with E-state index < -0.39 is 4.92 Å². The van der Waals surface area contributed by atoms with Crippen LogP contribution in [-0.2, 0) is 4.79 Å². The molecule has 98 valence electrons. The van der Waals surface area contributed by atoms with E-state index in [9.17, 15) is 14.9 Å². The zero-order valence-electron chi connectivity index (χ0n) is 10.0. The first-order chi connectivity index (χ1) is 8.54. The Morgan fingerprint density at radius 2 is 2.28 bits per heavy atom. The van der Waals surface area contributed by atoms with Gasteiger partial charge in [-0.05, 0) is 25.0 Å². The van der Waals surface area contributed by atoms with E-state index in [1.165, 1.54) is 12.1 Å². The average molecular weight is 253 g/mol. The first kappa shape index (κ1) is 13.9. The number of nitro groups is 1. The summed E-state index contributed by atoms with van der Waals surface area (Å²) in [6.07, 6.45) is 0.808. The molecule has 0 saturated heterocycles. The minimum atomic E-state index is -0.456. The number of ether oxygens (including phenoxy) is 1. The highest BCUT2D eigenvalue weighted by Gasteiger charge is 2.08. The van der Waals surface area contributed by atoms with Crippen LogP contribution in [0.4, 0.5) is 5.69 Å². The molecule has 0 saturated carbocycles. The molecule has 1 rings (SSSR count). The third kappa shape index (κ3) is 4.02. The quantitative estimate of drug-likeness (QED) is 0.259. The van der Waals surface area contributed by atoms with Crippen LogP contribution < -0.4 is 16.0 Å². The van der Waals surface area contributed by atoms with Gasteiger partial charge >= 0.3 is 0 Å². The van der Waals surface area contributed by atoms with Crippen LogP contribution in [0.5, 0.6) is 5.75 Å². The molecule has 0 aliphatic heterocycles. The van der Waals surface area contributed by atoms with Gasteiger partial charge in [-0.1, -0.05) is 0 Å². The van der Waals surface area contributed by atoms with Gasteiger partial charge in [-0.2, -0.15) is 0 Å². The number of amides is 1. The molecule has 0 aliphatic carbocycles. The molecule has 0 atom stereocenters. The van der Waals surface area contributed by atoms with Crippen molar-refractivity contribution in [1.82, 2.24) is 5.43 Å². The summed E-state index contributed by atoms with van der Waals surface area (Å²) in [5.74, 6) is 5.26. The van der Waals surface area contributed by atoms with Crippen LogP contribution in [0.25, 0.3) is 0 Å². The smallest absolute Gasteiger partial charge is 0.269 e. The summed E-state index contributed by atoms with van der Waals surface area (Å²) in [5.41, 5.74) is 2.74. The van der Waals surface area contributed by atoms with Gasteiger partial charge in [0.15, 0.2) is 0 Å². The van der Waals surface area contributed by atoms with E-state index in [2.05, 4.69) is 0 Å². The van der Waals surface area contributed by atoms with E-state index in [4.69, 9.17) is 10.6 Å². The van der Waals surface area contributed by atoms with Crippen molar-refractivity contribution in [3.8, 4) is 5.75 Å². The number of hydrogen-bond acceptors (Lipinski definition) is 5. The van der Waals surface area contributed by atoms with E-state index in [-0.39, 0.29) is 18.0 Å². The van der Waals surface area contributed by atoms with Gasteiger partial charge in [0.05, 0.1) is 11.5 Å². The van der Waals surface area contributed by atoms with E-state index in [0.717, 1.165) is 0 Å². The Balaban J connectivity index is 2.48. The summed E-state index contributed by atoms with van der Waals surface area (Å²) in [7, 11) is 0. The Morgan fingerprint density at radius 1 is 1.56 bits per heavy atom. The Hall–Kier alpha value is -2.15. The third-order valence-electron chi connectivity index (χ3n) is 2.34. The van der Waals surface area contributed by atoms with Crippen LogP contribution >= 0.6 is 0 Å². The summed E-state index contributed by atoms with van der Waals surface area (Å²) in [6, 6.07) is 4.38. The molecule has 1 aromatic carbocycles. The summed E-state index contributed by atoms with van der Waals surface area (Å²) >= 11 is 0. The molecule has 1 aromatic rings. The molecule has 3 N–H and O–H groups in total. The van der Waals surface area contributed by atoms with Crippen LogP contribution in [0.1, 0.15) is 18.4 Å². The molecule has 1 amide bonds. The lowest BCUT2D eigenvalue weighted by Gasteiger charge is -2.08. The lowest BCUT2D eigenvalue weighted by Crippen LogP contribution is -2.29. The maximum atomic E-state index is 10.8. The SMILES string of the molecule is Cc1cc([N+](=O)[O-])ccc1OCCCC(=O)NN. The highest BCUT2D eigenvalue weighted by molar-refractivity contribution is 5.75. The number of nitrogens with one attached hydrogen (secondary N) is 1. The number of hydrazine groups is 1. The number of rotatable bonds is 6. The molecule has 0 fully saturated rings. The molecular weight excluding hydrogens is 238 g/mol. The lowest BCUT2D eigenvalue weighted by molar-refractivity contribution is -0.384. The molecular formula is C11H15N3O4. The molecule has 18 heavy (non-hydrogen) atoms. The maximum Gasteiger partial charge on any atom is 0.269 e. The molecule has 0 spiro atoms. The number of aryl methyl sites for hydroxylation is 1. The van der Waals surface area contributed by atoms with E-state index in [0.29, 0.717) is 24.3 Å². The minimum Gasteiger partial charge on any atom is -0.493 e. The minimum absolute atomic E-state index is 0.0300. The fourth-order valence-corrected chi connectivity index (χ4v) is 1.40. The average Bonchev–Trinajstić information content (AvgIpc) is 2.35. The predicted octanol–water partition coefficient (Wildman–Crippen LogP) is 1.05. The molecule has 0 heterocycles. The lowest BCUT2D eigenvalue weighted by atomic mass is 10.2. The van der Waals surface area contributed by atoms with Crippen molar-refractivity contribution in [2.75, 3.05) is 6.61 Å². The molecule has 7 nitrogen and oxygen atoms in total. The fraction of sp³-hybridized carbons (Fsp3) is 0.364. The van der Waals surface area contributed by atoms with Gasteiger partial charge in [0.25, 0.3) is 5.69 Å². The number of carbonyl (C=O) groups is 1. The summed E-state index contributed by atoms with van der Waals surface area (Å²) in [6.45, 7) is 2.08. The Morgan fingerprint density at radius 3 is 2.83 bits per heavy atom. The second-order valence-electron chi connectivity index (χ2n) is 3.73. The van der Waals surface area contributed by atoms with Crippen molar-refractivity contribution in [2.24, 2.45) is 5.84 Å². The largest absolute Gasteiger partial charge is 0.493 e. The highest BCUT2D eigenvalue weighted by atomic mass is 16.6. The number of nitrogens with two attached hydrogens (primary N) is 1. The van der Waals surface area contributed by atoms with Crippen molar-refractivity contribution in [3.63, 3.8) is 0 Å². The molecule has 0 bridgehead atoms. The second kappa shape index (κ2) is 6.55. The van der Waals surface area contributed by atoms with E-state index in [1.807, 2.05) is 5.43 Å². The first-order valence-corrected chi connectivity index (χ1v) is 5.42. The van der Waals surface area contributed by atoms with E-state index in [1.54, 1.807) is 13.0 Å². The number of non-ortho nitro benzene ring substituents is 1. The Bertz CT molecular complexity index is 448. The van der Waals surface area contributed by atoms with Gasteiger partial charge in [0.1, 0.15) is 5.75 Å². The van der Waals surface area contributed by atoms with Gasteiger partial charge in [0, 0.05) is 18.6 Å². The molecule has 0 aromatic heterocycles. The molecule has 0 radical (unpaired) electrons. The summed E-state index contributed by atoms with van der Waals surface area (Å²) in [4.78, 5) is 20.9. The van der Waals surface area contributed by atoms with Crippen molar-refractivity contribution in [3.05, 3.63) is 33.9 Å². The summed E-state index contributed by atoms with van der Waals surface area (Å²) < 4.78 is 5.42. The third-order valence-corrected chi connectivity index (χ3v) is 2.34. The number of nitro benzene ring substituents is 1. The normalized spacial score (nSPS) is 9.89. The van der Waals surface area contributed by atoms with Gasteiger partial charge in [-0.15, -0.1) is 0 Å². The van der Waals surface area contributed by atoms with Crippen molar-refractivity contribution in [1.29, 1.82) is 0 Å². The topological polar surface area (TPSA) is 107 Å². The number of benzene rings is 1. The standard InChI is InChI=1S/C11H15N3O4/c1-8-7-9(14(16)17)4-5-10(8)18-6-2-3-11(15)13-12/h4-5,7H,2-3,6,12H2,1H3,(H,13,15). The molecule has 7 heteroatoms. The predicted molar refractivity (Wildman–Crippen MR) is 64.9 cm³/mol. The van der Waals surface area contributed by atoms with Gasteiger partial charge in [0.2, 0.25) is 5.91 Å². The van der Waals surface area contributed by atoms with Crippen LogP contribution in [0.2, 0.25) is 0 Å². The fourth-order valence-electron chi connectivity index (χ4n) is 1.40. The van der Waals surface area contributed by atoms with Crippen molar-refractivity contribution < 1.29 is 14.5 Å². The van der Waals surface area contributed by atoms with Gasteiger partial charge in [-0.3, -0.25) is 20.3 Å². The number of carbonyl (C=O) groups excluding carboxylic acids is 1. The Labute approximate surface area is 104 Å². The number of nitrogens with zero attached hydrogens (tertiary/aromatic N) is 1. The Kier molecular flexibility index (Phi) is 5.06. The van der Waals surface area contributed by atoms with Crippen molar-refractivity contribution in [2.45, 2.75) is 19.8 Å². The summed E-state index contributed by atoms with van der Waals surface area (Å²) in [5, 5.41) is 10.5. The zero-order chi connectivity index (χ0) is 13.5. The highest BCUT2D eigenvalue weighted by Crippen LogP contribution is 2.23. The molecule has 0 aliphatic rings. The van der Waals surface area contributed by atoms with Gasteiger partial charge < -0.3 is 4.74 Å². The maximum absolute atomic E-state index is 10.8. The van der Waals surface area contributed by atoms with Crippen LogP contribution in [0.3, 0.4) is 0 Å². The van der Waals surface area contributed by atoms with E-state index >= 15 is 0 Å².